The maximum atomic E-state index is 13.2. The van der Waals surface area contributed by atoms with Crippen LogP contribution in [0.5, 0.6) is 5.75 Å². The summed E-state index contributed by atoms with van der Waals surface area (Å²) < 4.78 is 41.6. The molecule has 8 heteroatoms. The van der Waals surface area contributed by atoms with E-state index in [0.717, 1.165) is 6.07 Å². The van der Waals surface area contributed by atoms with Crippen molar-refractivity contribution in [2.24, 2.45) is 0 Å². The summed E-state index contributed by atoms with van der Waals surface area (Å²) in [6.45, 7) is -3.66. The summed E-state index contributed by atoms with van der Waals surface area (Å²) >= 11 is 2.90. The molecule has 1 aromatic carbocycles. The molecule has 1 atom stereocenters. The number of rotatable bonds is 6. The smallest absolute Gasteiger partial charge is 0.387 e. The summed E-state index contributed by atoms with van der Waals surface area (Å²) in [6, 6.07) is 2.00. The van der Waals surface area contributed by atoms with E-state index in [1.165, 1.54) is 6.07 Å². The summed E-state index contributed by atoms with van der Waals surface area (Å²) in [4.78, 5) is 0. The summed E-state index contributed by atoms with van der Waals surface area (Å²) in [5.41, 5.74) is 0.0797. The molecule has 1 rings (SSSR count). The zero-order valence-electron chi connectivity index (χ0n) is 9.04. The van der Waals surface area contributed by atoms with E-state index in [1.54, 1.807) is 0 Å². The minimum absolute atomic E-state index is 0.0603. The Labute approximate surface area is 110 Å². The molecule has 0 saturated carbocycles. The van der Waals surface area contributed by atoms with Crippen LogP contribution in [0.1, 0.15) is 0 Å². The van der Waals surface area contributed by atoms with E-state index >= 15 is 0 Å². The van der Waals surface area contributed by atoms with Crippen LogP contribution in [0.25, 0.3) is 0 Å². The highest BCUT2D eigenvalue weighted by molar-refractivity contribution is 9.10. The quantitative estimate of drug-likeness (QED) is 0.746. The maximum absolute atomic E-state index is 13.2. The Hall–Kier alpha value is -0.990. The molecule has 0 heterocycles. The number of anilines is 1. The summed E-state index contributed by atoms with van der Waals surface area (Å²) in [6.07, 6.45) is -1.06. The highest BCUT2D eigenvalue weighted by Gasteiger charge is 2.14. The van der Waals surface area contributed by atoms with Gasteiger partial charge in [0.05, 0.1) is 22.9 Å². The summed E-state index contributed by atoms with van der Waals surface area (Å²) in [5.74, 6) is -1.13. The van der Waals surface area contributed by atoms with Crippen molar-refractivity contribution in [1.82, 2.24) is 0 Å². The average molecular weight is 330 g/mol. The molecular formula is C10H11BrF3NO3. The molecule has 0 radical (unpaired) electrons. The number of aliphatic hydroxyl groups excluding tert-OH is 2. The average Bonchev–Trinajstić information content (AvgIpc) is 2.30. The van der Waals surface area contributed by atoms with Gasteiger partial charge in [0.15, 0.2) is 5.75 Å². The van der Waals surface area contributed by atoms with Crippen molar-refractivity contribution < 1.29 is 28.1 Å². The molecule has 4 nitrogen and oxygen atoms in total. The lowest BCUT2D eigenvalue weighted by molar-refractivity contribution is -0.0495. The molecule has 0 fully saturated rings. The van der Waals surface area contributed by atoms with Gasteiger partial charge in [-0.3, -0.25) is 0 Å². The van der Waals surface area contributed by atoms with Crippen molar-refractivity contribution in [3.8, 4) is 5.75 Å². The van der Waals surface area contributed by atoms with Gasteiger partial charge in [-0.25, -0.2) is 4.39 Å². The molecule has 0 amide bonds. The van der Waals surface area contributed by atoms with Crippen molar-refractivity contribution in [2.75, 3.05) is 18.5 Å². The van der Waals surface area contributed by atoms with Crippen molar-refractivity contribution in [1.29, 1.82) is 0 Å². The number of benzene rings is 1. The lowest BCUT2D eigenvalue weighted by Crippen LogP contribution is -2.23. The van der Waals surface area contributed by atoms with Gasteiger partial charge >= 0.3 is 6.61 Å². The molecule has 0 aliphatic heterocycles. The fourth-order valence-corrected chi connectivity index (χ4v) is 1.50. The summed E-state index contributed by atoms with van der Waals surface area (Å²) in [5, 5.41) is 20.3. The van der Waals surface area contributed by atoms with Crippen LogP contribution in [0, 0.1) is 5.82 Å². The number of ether oxygens (including phenoxy) is 1. The van der Waals surface area contributed by atoms with Crippen LogP contribution in [0.2, 0.25) is 0 Å². The van der Waals surface area contributed by atoms with E-state index in [-0.39, 0.29) is 22.5 Å². The monoisotopic (exact) mass is 329 g/mol. The molecule has 0 bridgehead atoms. The Bertz CT molecular complexity index is 406. The highest BCUT2D eigenvalue weighted by Crippen LogP contribution is 2.31. The van der Waals surface area contributed by atoms with Gasteiger partial charge in [0.1, 0.15) is 5.82 Å². The van der Waals surface area contributed by atoms with E-state index < -0.39 is 25.1 Å². The molecule has 1 unspecified atom stereocenters. The van der Waals surface area contributed by atoms with E-state index in [0.29, 0.717) is 0 Å². The van der Waals surface area contributed by atoms with E-state index in [4.69, 9.17) is 10.2 Å². The SMILES string of the molecule is OCC(O)CNc1cc(Br)c(F)cc1OC(F)F. The molecule has 0 aliphatic carbocycles. The Kier molecular flexibility index (Phi) is 5.70. The molecular weight excluding hydrogens is 319 g/mol. The van der Waals surface area contributed by atoms with Gasteiger partial charge in [-0.1, -0.05) is 0 Å². The van der Waals surface area contributed by atoms with Crippen LogP contribution in [-0.4, -0.2) is 36.1 Å². The van der Waals surface area contributed by atoms with Crippen molar-refractivity contribution >= 4 is 21.6 Å². The topological polar surface area (TPSA) is 61.7 Å². The first-order chi connectivity index (χ1) is 8.43. The Morgan fingerprint density at radius 2 is 2.06 bits per heavy atom. The first-order valence-electron chi connectivity index (χ1n) is 4.90. The minimum Gasteiger partial charge on any atom is -0.433 e. The number of halogens is 4. The fourth-order valence-electron chi connectivity index (χ4n) is 1.15. The van der Waals surface area contributed by atoms with Gasteiger partial charge in [-0.15, -0.1) is 0 Å². The van der Waals surface area contributed by atoms with Crippen molar-refractivity contribution in [3.05, 3.63) is 22.4 Å². The third-order valence-electron chi connectivity index (χ3n) is 1.98. The van der Waals surface area contributed by atoms with Crippen LogP contribution in [0.15, 0.2) is 16.6 Å². The Morgan fingerprint density at radius 1 is 1.39 bits per heavy atom. The van der Waals surface area contributed by atoms with Crippen LogP contribution in [-0.2, 0) is 0 Å². The van der Waals surface area contributed by atoms with E-state index in [1.807, 2.05) is 0 Å². The zero-order valence-corrected chi connectivity index (χ0v) is 10.6. The second-order valence-corrected chi connectivity index (χ2v) is 4.21. The van der Waals surface area contributed by atoms with Gasteiger partial charge in [0.25, 0.3) is 0 Å². The number of aliphatic hydroxyl groups is 2. The standard InChI is InChI=1S/C10H11BrF3NO3/c11-6-1-8(15-3-5(17)4-16)9(2-7(6)12)18-10(13)14/h1-2,5,10,15-17H,3-4H2. The predicted molar refractivity (Wildman–Crippen MR) is 62.3 cm³/mol. The number of hydrogen-bond donors (Lipinski definition) is 3. The number of nitrogens with one attached hydrogen (secondary N) is 1. The first kappa shape index (κ1) is 15.1. The maximum Gasteiger partial charge on any atom is 0.387 e. The normalized spacial score (nSPS) is 12.6. The molecule has 0 aliphatic rings. The van der Waals surface area contributed by atoms with Gasteiger partial charge in [-0.2, -0.15) is 8.78 Å². The molecule has 18 heavy (non-hydrogen) atoms. The third kappa shape index (κ3) is 4.35. The molecule has 0 aromatic heterocycles. The molecule has 0 saturated heterocycles. The predicted octanol–water partition coefficient (Wildman–Crippen LogP) is 1.95. The highest BCUT2D eigenvalue weighted by atomic mass is 79.9. The molecule has 3 N–H and O–H groups in total. The number of alkyl halides is 2. The minimum atomic E-state index is -3.09. The molecule has 102 valence electrons. The van der Waals surface area contributed by atoms with Gasteiger partial charge in [0, 0.05) is 12.6 Å². The van der Waals surface area contributed by atoms with Gasteiger partial charge < -0.3 is 20.3 Å². The van der Waals surface area contributed by atoms with Crippen LogP contribution >= 0.6 is 15.9 Å². The van der Waals surface area contributed by atoms with Crippen LogP contribution in [0.3, 0.4) is 0 Å². The second kappa shape index (κ2) is 6.81. The van der Waals surface area contributed by atoms with Gasteiger partial charge in [0.2, 0.25) is 0 Å². The lowest BCUT2D eigenvalue weighted by Gasteiger charge is -2.15. The zero-order chi connectivity index (χ0) is 13.7. The number of hydrogen-bond acceptors (Lipinski definition) is 4. The third-order valence-corrected chi connectivity index (χ3v) is 2.59. The first-order valence-corrected chi connectivity index (χ1v) is 5.70. The molecule has 0 spiro atoms. The molecule has 1 aromatic rings. The van der Waals surface area contributed by atoms with Crippen LogP contribution in [0.4, 0.5) is 18.9 Å². The van der Waals surface area contributed by atoms with E-state index in [9.17, 15) is 13.2 Å². The largest absolute Gasteiger partial charge is 0.433 e. The Morgan fingerprint density at radius 3 is 2.61 bits per heavy atom. The fraction of sp³-hybridized carbons (Fsp3) is 0.400. The van der Waals surface area contributed by atoms with Gasteiger partial charge in [-0.05, 0) is 22.0 Å². The Balaban J connectivity index is 2.89. The van der Waals surface area contributed by atoms with Crippen molar-refractivity contribution in [3.63, 3.8) is 0 Å². The van der Waals surface area contributed by atoms with E-state index in [2.05, 4.69) is 26.0 Å². The summed E-state index contributed by atoms with van der Waals surface area (Å²) in [7, 11) is 0. The second-order valence-electron chi connectivity index (χ2n) is 3.36. The lowest BCUT2D eigenvalue weighted by atomic mass is 10.2. The van der Waals surface area contributed by atoms with Crippen LogP contribution < -0.4 is 10.1 Å². The van der Waals surface area contributed by atoms with Crippen molar-refractivity contribution in [2.45, 2.75) is 12.7 Å².